The molecule has 0 radical (unpaired) electrons. The van der Waals surface area contributed by atoms with Crippen LogP contribution in [0.15, 0.2) is 22.7 Å². The molecule has 6 heteroatoms. The minimum atomic E-state index is -4.54. The number of alkyl halides is 3. The van der Waals surface area contributed by atoms with Crippen molar-refractivity contribution in [2.24, 2.45) is 5.92 Å². The summed E-state index contributed by atoms with van der Waals surface area (Å²) in [5.74, 6) is -0.270. The number of carbonyl (C=O) groups excluding carboxylic acids is 1. The number of hydrogen-bond acceptors (Lipinski definition) is 1. The first-order chi connectivity index (χ1) is 9.88. The molecule has 1 fully saturated rings. The summed E-state index contributed by atoms with van der Waals surface area (Å²) in [5.41, 5.74) is -1.22. The summed E-state index contributed by atoms with van der Waals surface area (Å²) in [7, 11) is 0. The van der Waals surface area contributed by atoms with Crippen LogP contribution in [0.2, 0.25) is 0 Å². The number of rotatable bonds is 3. The van der Waals surface area contributed by atoms with Gasteiger partial charge in [-0.15, -0.1) is 0 Å². The molecule has 0 aliphatic heterocycles. The smallest absolute Gasteiger partial charge is 0.352 e. The van der Waals surface area contributed by atoms with E-state index in [1.165, 1.54) is 18.6 Å². The van der Waals surface area contributed by atoms with E-state index in [0.717, 1.165) is 31.7 Å². The molecule has 0 aromatic heterocycles. The van der Waals surface area contributed by atoms with Gasteiger partial charge in [0, 0.05) is 11.0 Å². The molecule has 1 amide bonds. The molecular weight excluding hydrogens is 347 g/mol. The van der Waals surface area contributed by atoms with Crippen LogP contribution in [0.4, 0.5) is 13.2 Å². The molecule has 1 aliphatic rings. The van der Waals surface area contributed by atoms with Crippen LogP contribution in [0.3, 0.4) is 0 Å². The third-order valence-corrected chi connectivity index (χ3v) is 4.30. The van der Waals surface area contributed by atoms with Crippen molar-refractivity contribution in [1.29, 1.82) is 0 Å². The number of carbonyl (C=O) groups is 1. The van der Waals surface area contributed by atoms with Crippen LogP contribution in [-0.2, 0) is 6.18 Å². The van der Waals surface area contributed by atoms with Gasteiger partial charge in [-0.2, -0.15) is 13.2 Å². The first-order valence-corrected chi connectivity index (χ1v) is 7.82. The minimum absolute atomic E-state index is 0.304. The van der Waals surface area contributed by atoms with Crippen molar-refractivity contribution in [3.05, 3.63) is 33.8 Å². The molecule has 116 valence electrons. The monoisotopic (exact) mass is 363 g/mol. The second-order valence-electron chi connectivity index (χ2n) is 5.40. The zero-order chi connectivity index (χ0) is 15.5. The van der Waals surface area contributed by atoms with E-state index in [1.807, 2.05) is 0 Å². The highest BCUT2D eigenvalue weighted by atomic mass is 79.9. The van der Waals surface area contributed by atoms with E-state index in [4.69, 9.17) is 0 Å². The first-order valence-electron chi connectivity index (χ1n) is 7.03. The molecule has 0 unspecified atom stereocenters. The van der Waals surface area contributed by atoms with Crippen LogP contribution in [0.25, 0.3) is 0 Å². The van der Waals surface area contributed by atoms with Crippen molar-refractivity contribution in [2.75, 3.05) is 6.54 Å². The number of benzene rings is 1. The fraction of sp³-hybridized carbons (Fsp3) is 0.533. The van der Waals surface area contributed by atoms with E-state index >= 15 is 0 Å². The maximum absolute atomic E-state index is 13.0. The number of halogens is 4. The Hall–Kier alpha value is -1.04. The summed E-state index contributed by atoms with van der Waals surface area (Å²) in [5, 5.41) is 2.65. The number of hydrogen-bond donors (Lipinski definition) is 1. The van der Waals surface area contributed by atoms with Gasteiger partial charge in [-0.1, -0.05) is 35.2 Å². The van der Waals surface area contributed by atoms with Gasteiger partial charge in [0.25, 0.3) is 5.91 Å². The minimum Gasteiger partial charge on any atom is -0.352 e. The lowest BCUT2D eigenvalue weighted by atomic mass is 9.89. The van der Waals surface area contributed by atoms with E-state index in [9.17, 15) is 18.0 Å². The van der Waals surface area contributed by atoms with Gasteiger partial charge >= 0.3 is 6.18 Å². The molecule has 1 aromatic carbocycles. The highest BCUT2D eigenvalue weighted by Gasteiger charge is 2.35. The Morgan fingerprint density at radius 1 is 1.24 bits per heavy atom. The predicted octanol–water partition coefficient (Wildman–Crippen LogP) is 4.78. The molecule has 0 saturated heterocycles. The quantitative estimate of drug-likeness (QED) is 0.822. The normalized spacial score (nSPS) is 16.8. The van der Waals surface area contributed by atoms with Gasteiger partial charge in [0.2, 0.25) is 0 Å². The van der Waals surface area contributed by atoms with Gasteiger partial charge < -0.3 is 5.32 Å². The van der Waals surface area contributed by atoms with Crippen molar-refractivity contribution < 1.29 is 18.0 Å². The summed E-state index contributed by atoms with van der Waals surface area (Å²) in [4.78, 5) is 12.0. The van der Waals surface area contributed by atoms with Crippen LogP contribution in [-0.4, -0.2) is 12.5 Å². The fourth-order valence-electron chi connectivity index (χ4n) is 2.67. The van der Waals surface area contributed by atoms with Gasteiger partial charge in [0.15, 0.2) is 0 Å². The van der Waals surface area contributed by atoms with Crippen molar-refractivity contribution in [2.45, 2.75) is 38.3 Å². The van der Waals surface area contributed by atoms with Gasteiger partial charge in [-0.3, -0.25) is 4.79 Å². The van der Waals surface area contributed by atoms with Crippen LogP contribution >= 0.6 is 15.9 Å². The molecule has 21 heavy (non-hydrogen) atoms. The third kappa shape index (κ3) is 4.46. The molecule has 1 aromatic rings. The molecule has 1 saturated carbocycles. The van der Waals surface area contributed by atoms with E-state index in [0.29, 0.717) is 16.9 Å². The highest BCUT2D eigenvalue weighted by Crippen LogP contribution is 2.34. The van der Waals surface area contributed by atoms with E-state index in [1.54, 1.807) is 0 Å². The molecule has 0 bridgehead atoms. The molecule has 2 rings (SSSR count). The average Bonchev–Trinajstić information content (AvgIpc) is 2.45. The Bertz CT molecular complexity index is 510. The lowest BCUT2D eigenvalue weighted by molar-refractivity contribution is -0.138. The molecule has 0 spiro atoms. The Kier molecular flexibility index (Phi) is 5.30. The topological polar surface area (TPSA) is 29.1 Å². The van der Waals surface area contributed by atoms with Gasteiger partial charge in [-0.05, 0) is 37.0 Å². The number of amides is 1. The van der Waals surface area contributed by atoms with Gasteiger partial charge in [0.05, 0.1) is 11.1 Å². The van der Waals surface area contributed by atoms with Gasteiger partial charge in [0.1, 0.15) is 0 Å². The average molecular weight is 364 g/mol. The Morgan fingerprint density at radius 2 is 1.90 bits per heavy atom. The van der Waals surface area contributed by atoms with Crippen molar-refractivity contribution >= 4 is 21.8 Å². The van der Waals surface area contributed by atoms with Crippen molar-refractivity contribution in [3.63, 3.8) is 0 Å². The molecule has 0 atom stereocenters. The predicted molar refractivity (Wildman–Crippen MR) is 78.1 cm³/mol. The largest absolute Gasteiger partial charge is 0.417 e. The van der Waals surface area contributed by atoms with Crippen LogP contribution in [0, 0.1) is 5.92 Å². The Morgan fingerprint density at radius 3 is 2.52 bits per heavy atom. The van der Waals surface area contributed by atoms with Crippen LogP contribution in [0.1, 0.15) is 48.0 Å². The number of nitrogens with one attached hydrogen (secondary N) is 1. The standard InChI is InChI=1S/C15H17BrF3NO/c16-11-6-7-12(13(8-11)15(17,18)19)14(21)20-9-10-4-2-1-3-5-10/h6-8,10H,1-5,9H2,(H,20,21). The van der Waals surface area contributed by atoms with E-state index in [-0.39, 0.29) is 5.56 Å². The van der Waals surface area contributed by atoms with E-state index in [2.05, 4.69) is 21.2 Å². The van der Waals surface area contributed by atoms with Gasteiger partial charge in [-0.25, -0.2) is 0 Å². The van der Waals surface area contributed by atoms with Crippen LogP contribution < -0.4 is 5.32 Å². The lowest BCUT2D eigenvalue weighted by Gasteiger charge is -2.22. The summed E-state index contributed by atoms with van der Waals surface area (Å²) in [6, 6.07) is 3.60. The van der Waals surface area contributed by atoms with Crippen LogP contribution in [0.5, 0.6) is 0 Å². The Balaban J connectivity index is 2.08. The SMILES string of the molecule is O=C(NCC1CCCCC1)c1ccc(Br)cc1C(F)(F)F. The summed E-state index contributed by atoms with van der Waals surface area (Å²) in [6.07, 6.45) is 0.995. The third-order valence-electron chi connectivity index (χ3n) is 3.81. The second-order valence-corrected chi connectivity index (χ2v) is 6.32. The molecule has 1 aliphatic carbocycles. The summed E-state index contributed by atoms with van der Waals surface area (Å²) in [6.45, 7) is 0.451. The molecule has 1 N–H and O–H groups in total. The van der Waals surface area contributed by atoms with E-state index < -0.39 is 17.6 Å². The van der Waals surface area contributed by atoms with Crippen molar-refractivity contribution in [1.82, 2.24) is 5.32 Å². The maximum atomic E-state index is 13.0. The maximum Gasteiger partial charge on any atom is 0.417 e. The summed E-state index contributed by atoms with van der Waals surface area (Å²) < 4.78 is 39.3. The van der Waals surface area contributed by atoms with Crippen molar-refractivity contribution in [3.8, 4) is 0 Å². The molecule has 2 nitrogen and oxygen atoms in total. The molecule has 0 heterocycles. The lowest BCUT2D eigenvalue weighted by Crippen LogP contribution is -2.31. The first kappa shape index (κ1) is 16.3. The fourth-order valence-corrected chi connectivity index (χ4v) is 3.03. The molecular formula is C15H17BrF3NO. The highest BCUT2D eigenvalue weighted by molar-refractivity contribution is 9.10. The second kappa shape index (κ2) is 6.81. The zero-order valence-electron chi connectivity index (χ0n) is 11.5. The zero-order valence-corrected chi connectivity index (χ0v) is 13.1. The Labute approximate surface area is 130 Å². The summed E-state index contributed by atoms with van der Waals surface area (Å²) >= 11 is 3.01.